The Bertz CT molecular complexity index is 1280. The molecule has 2 aromatic heterocycles. The molecule has 8 nitrogen and oxygen atoms in total. The molecule has 0 aliphatic carbocycles. The van der Waals surface area contributed by atoms with E-state index in [0.29, 0.717) is 45.2 Å². The highest BCUT2D eigenvalue weighted by atomic mass is 32.1. The van der Waals surface area contributed by atoms with Crippen molar-refractivity contribution < 1.29 is 28.2 Å². The monoisotopic (exact) mass is 480 g/mol. The highest BCUT2D eigenvalue weighted by molar-refractivity contribution is 7.14. The minimum atomic E-state index is -0.306. The molecule has 0 fully saturated rings. The first kappa shape index (κ1) is 23.2. The summed E-state index contributed by atoms with van der Waals surface area (Å²) in [6.07, 6.45) is 0. The molecule has 1 N–H and O–H groups in total. The lowest BCUT2D eigenvalue weighted by atomic mass is 10.1. The van der Waals surface area contributed by atoms with Crippen LogP contribution in [0.3, 0.4) is 0 Å². The van der Waals surface area contributed by atoms with Gasteiger partial charge in [0.05, 0.1) is 32.6 Å². The fourth-order valence-corrected chi connectivity index (χ4v) is 4.00. The fourth-order valence-electron chi connectivity index (χ4n) is 3.30. The molecule has 4 aromatic rings. The number of ether oxygens (including phenoxy) is 4. The van der Waals surface area contributed by atoms with E-state index in [1.807, 2.05) is 29.6 Å². The number of amides is 1. The molecule has 0 radical (unpaired) electrons. The van der Waals surface area contributed by atoms with Crippen molar-refractivity contribution in [3.8, 4) is 34.3 Å². The maximum Gasteiger partial charge on any atom is 0.260 e. The summed E-state index contributed by atoms with van der Waals surface area (Å²) in [5.41, 5.74) is 1.92. The van der Waals surface area contributed by atoms with Gasteiger partial charge in [-0.05, 0) is 49.4 Å². The number of furan rings is 1. The Kier molecular flexibility index (Phi) is 7.03. The molecule has 0 saturated heterocycles. The first-order valence-electron chi connectivity index (χ1n) is 10.4. The van der Waals surface area contributed by atoms with Gasteiger partial charge in [-0.2, -0.15) is 0 Å². The molecule has 9 heteroatoms. The van der Waals surface area contributed by atoms with E-state index in [-0.39, 0.29) is 12.5 Å². The van der Waals surface area contributed by atoms with Crippen LogP contribution < -0.4 is 24.3 Å². The molecule has 4 rings (SSSR count). The molecule has 34 heavy (non-hydrogen) atoms. The number of aryl methyl sites for hydroxylation is 1. The Morgan fingerprint density at radius 3 is 2.38 bits per heavy atom. The number of aromatic nitrogens is 1. The number of carbonyl (C=O) groups excluding carboxylic acids is 1. The van der Waals surface area contributed by atoms with E-state index in [4.69, 9.17) is 23.4 Å². The SMILES string of the molecule is COc1ccc(OCc2cc(C(=O)Nc3nc(-c4ccc(OC)cc4OC)cs3)c(C)o2)cc1. The van der Waals surface area contributed by atoms with E-state index < -0.39 is 0 Å². The molecule has 0 spiro atoms. The second kappa shape index (κ2) is 10.3. The van der Waals surface area contributed by atoms with Gasteiger partial charge in [-0.3, -0.25) is 10.1 Å². The smallest absolute Gasteiger partial charge is 0.260 e. The van der Waals surface area contributed by atoms with Crippen molar-refractivity contribution in [1.82, 2.24) is 4.98 Å². The minimum Gasteiger partial charge on any atom is -0.497 e. The van der Waals surface area contributed by atoms with Crippen molar-refractivity contribution in [2.75, 3.05) is 26.6 Å². The second-order valence-corrected chi connectivity index (χ2v) is 8.06. The standard InChI is InChI=1S/C25H24N2O6S/c1-15-21(11-19(33-15)13-32-17-7-5-16(29-2)6-8-17)24(28)27-25-26-22(14-34-25)20-10-9-18(30-3)12-23(20)31-4/h5-12,14H,13H2,1-4H3,(H,26,27,28). The Morgan fingerprint density at radius 2 is 1.68 bits per heavy atom. The summed E-state index contributed by atoms with van der Waals surface area (Å²) in [4.78, 5) is 17.4. The average molecular weight is 481 g/mol. The minimum absolute atomic E-state index is 0.194. The molecule has 0 aliphatic rings. The van der Waals surface area contributed by atoms with E-state index in [9.17, 15) is 4.79 Å². The number of nitrogens with zero attached hydrogens (tertiary/aromatic N) is 1. The number of nitrogens with one attached hydrogen (secondary N) is 1. The van der Waals surface area contributed by atoms with Gasteiger partial charge in [0.1, 0.15) is 41.1 Å². The molecular formula is C25H24N2O6S. The predicted molar refractivity (Wildman–Crippen MR) is 129 cm³/mol. The normalized spacial score (nSPS) is 10.6. The first-order valence-corrected chi connectivity index (χ1v) is 11.2. The van der Waals surface area contributed by atoms with Gasteiger partial charge in [0.25, 0.3) is 5.91 Å². The molecule has 0 unspecified atom stereocenters. The van der Waals surface area contributed by atoms with Crippen molar-refractivity contribution in [3.63, 3.8) is 0 Å². The highest BCUT2D eigenvalue weighted by Crippen LogP contribution is 2.35. The van der Waals surface area contributed by atoms with E-state index in [2.05, 4.69) is 10.3 Å². The highest BCUT2D eigenvalue weighted by Gasteiger charge is 2.18. The average Bonchev–Trinajstić information content (AvgIpc) is 3.48. The van der Waals surface area contributed by atoms with Gasteiger partial charge in [0.2, 0.25) is 0 Å². The van der Waals surface area contributed by atoms with Crippen LogP contribution in [0, 0.1) is 6.92 Å². The largest absolute Gasteiger partial charge is 0.497 e. The van der Waals surface area contributed by atoms with E-state index in [1.165, 1.54) is 11.3 Å². The van der Waals surface area contributed by atoms with Gasteiger partial charge in [0.15, 0.2) is 5.13 Å². The van der Waals surface area contributed by atoms with Gasteiger partial charge in [-0.25, -0.2) is 4.98 Å². The van der Waals surface area contributed by atoms with E-state index in [0.717, 1.165) is 11.3 Å². The first-order chi connectivity index (χ1) is 16.5. The van der Waals surface area contributed by atoms with Crippen molar-refractivity contribution >= 4 is 22.4 Å². The van der Waals surface area contributed by atoms with Crippen LogP contribution in [0.5, 0.6) is 23.0 Å². The van der Waals surface area contributed by atoms with E-state index >= 15 is 0 Å². The van der Waals surface area contributed by atoms with Crippen molar-refractivity contribution in [2.45, 2.75) is 13.5 Å². The molecule has 0 aliphatic heterocycles. The van der Waals surface area contributed by atoms with E-state index in [1.54, 1.807) is 52.5 Å². The van der Waals surface area contributed by atoms with Crippen LogP contribution in [0.25, 0.3) is 11.3 Å². The Labute approximate surface area is 201 Å². The Morgan fingerprint density at radius 1 is 0.971 bits per heavy atom. The molecule has 176 valence electrons. The fraction of sp³-hybridized carbons (Fsp3) is 0.200. The molecular weight excluding hydrogens is 456 g/mol. The van der Waals surface area contributed by atoms with Crippen LogP contribution in [0.15, 0.2) is 58.3 Å². The molecule has 0 saturated carbocycles. The number of methoxy groups -OCH3 is 3. The van der Waals surface area contributed by atoms with Crippen LogP contribution >= 0.6 is 11.3 Å². The van der Waals surface area contributed by atoms with Crippen molar-refractivity contribution in [3.05, 3.63) is 71.0 Å². The third-order valence-electron chi connectivity index (χ3n) is 5.06. The Hall–Kier alpha value is -3.98. The number of benzene rings is 2. The van der Waals surface area contributed by atoms with Gasteiger partial charge in [0, 0.05) is 17.0 Å². The number of thiazole rings is 1. The molecule has 1 amide bonds. The molecule has 2 heterocycles. The number of hydrogen-bond donors (Lipinski definition) is 1. The lowest BCUT2D eigenvalue weighted by Gasteiger charge is -2.08. The zero-order valence-corrected chi connectivity index (χ0v) is 20.0. The molecule has 0 atom stereocenters. The summed E-state index contributed by atoms with van der Waals surface area (Å²) in [5.74, 6) is 3.47. The number of anilines is 1. The molecule has 2 aromatic carbocycles. The summed E-state index contributed by atoms with van der Waals surface area (Å²) in [7, 11) is 4.79. The summed E-state index contributed by atoms with van der Waals surface area (Å²) in [6.45, 7) is 1.93. The van der Waals surface area contributed by atoms with Gasteiger partial charge < -0.3 is 23.4 Å². The lowest BCUT2D eigenvalue weighted by molar-refractivity contribution is 0.102. The van der Waals surface area contributed by atoms with Gasteiger partial charge >= 0.3 is 0 Å². The van der Waals surface area contributed by atoms with Gasteiger partial charge in [-0.1, -0.05) is 0 Å². The summed E-state index contributed by atoms with van der Waals surface area (Å²) in [6, 6.07) is 14.4. The summed E-state index contributed by atoms with van der Waals surface area (Å²) < 4.78 is 27.3. The quantitative estimate of drug-likeness (QED) is 0.335. The third-order valence-corrected chi connectivity index (χ3v) is 5.82. The lowest BCUT2D eigenvalue weighted by Crippen LogP contribution is -2.11. The zero-order valence-electron chi connectivity index (χ0n) is 19.2. The third kappa shape index (κ3) is 5.15. The summed E-state index contributed by atoms with van der Waals surface area (Å²) in [5, 5.41) is 5.16. The van der Waals surface area contributed by atoms with Crippen LogP contribution in [0.1, 0.15) is 21.9 Å². The van der Waals surface area contributed by atoms with Crippen molar-refractivity contribution in [2.24, 2.45) is 0 Å². The van der Waals surface area contributed by atoms with Crippen LogP contribution in [-0.4, -0.2) is 32.2 Å². The number of hydrogen-bond acceptors (Lipinski definition) is 8. The maximum atomic E-state index is 12.8. The second-order valence-electron chi connectivity index (χ2n) is 7.21. The molecule has 0 bridgehead atoms. The zero-order chi connectivity index (χ0) is 24.1. The van der Waals surface area contributed by atoms with Gasteiger partial charge in [-0.15, -0.1) is 11.3 Å². The Balaban J connectivity index is 1.42. The van der Waals surface area contributed by atoms with Crippen LogP contribution in [0.2, 0.25) is 0 Å². The number of carbonyl (C=O) groups is 1. The summed E-state index contributed by atoms with van der Waals surface area (Å²) >= 11 is 1.32. The topological polar surface area (TPSA) is 92.1 Å². The predicted octanol–water partition coefficient (Wildman–Crippen LogP) is 5.57. The van der Waals surface area contributed by atoms with Crippen LogP contribution in [0.4, 0.5) is 5.13 Å². The van der Waals surface area contributed by atoms with Crippen molar-refractivity contribution in [1.29, 1.82) is 0 Å². The number of rotatable bonds is 9. The maximum absolute atomic E-state index is 12.8. The van der Waals surface area contributed by atoms with Crippen LogP contribution in [-0.2, 0) is 6.61 Å².